The van der Waals surface area contributed by atoms with Crippen molar-refractivity contribution in [3.63, 3.8) is 0 Å². The van der Waals surface area contributed by atoms with Crippen LogP contribution < -0.4 is 10.1 Å². The molecule has 0 aliphatic rings. The van der Waals surface area contributed by atoms with Crippen LogP contribution in [0.4, 0.5) is 11.4 Å². The molecule has 0 aliphatic heterocycles. The maximum atomic E-state index is 12.1. The molecule has 1 amide bonds. The number of para-hydroxylation sites is 1. The molecule has 0 aliphatic carbocycles. The van der Waals surface area contributed by atoms with Crippen molar-refractivity contribution in [2.75, 3.05) is 19.0 Å². The highest BCUT2D eigenvalue weighted by molar-refractivity contribution is 7.09. The molecule has 0 fully saturated rings. The van der Waals surface area contributed by atoms with Crippen LogP contribution in [0.1, 0.15) is 4.88 Å². The largest absolute Gasteiger partial charge is 0.484 e. The lowest BCUT2D eigenvalue weighted by atomic mass is 10.2. The number of hydrogen-bond acceptors (Lipinski definition) is 4. The quantitative estimate of drug-likeness (QED) is 0.679. The zero-order valence-corrected chi connectivity index (χ0v) is 14.8. The monoisotopic (exact) mass is 352 g/mol. The standard InChI is InChI=1S/C20H20N2O2S/c1-22(14-19-8-5-13-25-19)20(23)15-24-18-11-9-17(10-12-18)21-16-6-3-2-4-7-16/h2-13,21H,14-15H2,1H3. The molecule has 0 saturated carbocycles. The molecular weight excluding hydrogens is 332 g/mol. The summed E-state index contributed by atoms with van der Waals surface area (Å²) in [5.74, 6) is 0.636. The van der Waals surface area contributed by atoms with Gasteiger partial charge in [0.15, 0.2) is 6.61 Å². The van der Waals surface area contributed by atoms with E-state index in [1.165, 1.54) is 0 Å². The van der Waals surface area contributed by atoms with Crippen LogP contribution in [0, 0.1) is 0 Å². The fourth-order valence-corrected chi connectivity index (χ4v) is 3.06. The number of nitrogens with one attached hydrogen (secondary N) is 1. The van der Waals surface area contributed by atoms with E-state index in [0.29, 0.717) is 12.3 Å². The zero-order valence-electron chi connectivity index (χ0n) is 14.0. The molecule has 0 bridgehead atoms. The number of thiophene rings is 1. The van der Waals surface area contributed by atoms with E-state index in [4.69, 9.17) is 4.74 Å². The topological polar surface area (TPSA) is 41.6 Å². The predicted octanol–water partition coefficient (Wildman–Crippen LogP) is 4.53. The van der Waals surface area contributed by atoms with Gasteiger partial charge in [-0.3, -0.25) is 4.79 Å². The Balaban J connectivity index is 1.49. The number of amides is 1. The third kappa shape index (κ3) is 5.09. The van der Waals surface area contributed by atoms with Crippen molar-refractivity contribution < 1.29 is 9.53 Å². The Labute approximate surface area is 151 Å². The van der Waals surface area contributed by atoms with Crippen LogP contribution in [0.3, 0.4) is 0 Å². The van der Waals surface area contributed by atoms with Crippen molar-refractivity contribution in [1.82, 2.24) is 4.90 Å². The summed E-state index contributed by atoms with van der Waals surface area (Å²) in [7, 11) is 1.79. The molecule has 0 atom stereocenters. The third-order valence-electron chi connectivity index (χ3n) is 3.68. The van der Waals surface area contributed by atoms with Gasteiger partial charge < -0.3 is 15.0 Å². The fraction of sp³-hybridized carbons (Fsp3) is 0.150. The molecule has 2 aromatic carbocycles. The summed E-state index contributed by atoms with van der Waals surface area (Å²) in [6.45, 7) is 0.646. The first-order valence-electron chi connectivity index (χ1n) is 8.02. The normalized spacial score (nSPS) is 10.3. The summed E-state index contributed by atoms with van der Waals surface area (Å²) < 4.78 is 5.60. The van der Waals surface area contributed by atoms with Gasteiger partial charge >= 0.3 is 0 Å². The Kier molecular flexibility index (Phi) is 5.69. The number of benzene rings is 2. The van der Waals surface area contributed by atoms with Crippen LogP contribution in [0.5, 0.6) is 5.75 Å². The van der Waals surface area contributed by atoms with Gasteiger partial charge in [0, 0.05) is 23.3 Å². The first-order chi connectivity index (χ1) is 12.2. The second-order valence-corrected chi connectivity index (χ2v) is 6.67. The second-order valence-electron chi connectivity index (χ2n) is 5.63. The average Bonchev–Trinajstić information content (AvgIpc) is 3.14. The minimum absolute atomic E-state index is 0.0351. The number of hydrogen-bond donors (Lipinski definition) is 1. The van der Waals surface area contributed by atoms with Crippen LogP contribution in [0.15, 0.2) is 72.1 Å². The Bertz CT molecular complexity index is 786. The lowest BCUT2D eigenvalue weighted by Crippen LogP contribution is -2.30. The third-order valence-corrected chi connectivity index (χ3v) is 4.54. The summed E-state index contributed by atoms with van der Waals surface area (Å²) in [4.78, 5) is 15.0. The molecule has 0 spiro atoms. The van der Waals surface area contributed by atoms with Gasteiger partial charge in [0.1, 0.15) is 5.75 Å². The van der Waals surface area contributed by atoms with E-state index in [0.717, 1.165) is 16.3 Å². The SMILES string of the molecule is CN(Cc1cccs1)C(=O)COc1ccc(Nc2ccccc2)cc1. The molecule has 0 radical (unpaired) electrons. The fourth-order valence-electron chi connectivity index (χ4n) is 2.30. The highest BCUT2D eigenvalue weighted by Gasteiger charge is 2.10. The molecule has 5 heteroatoms. The van der Waals surface area contributed by atoms with Gasteiger partial charge in [-0.1, -0.05) is 24.3 Å². The van der Waals surface area contributed by atoms with E-state index in [9.17, 15) is 4.79 Å². The van der Waals surface area contributed by atoms with Crippen molar-refractivity contribution in [2.45, 2.75) is 6.54 Å². The number of nitrogens with zero attached hydrogens (tertiary/aromatic N) is 1. The van der Waals surface area contributed by atoms with Crippen molar-refractivity contribution in [3.05, 3.63) is 77.0 Å². The molecule has 128 valence electrons. The smallest absolute Gasteiger partial charge is 0.260 e. The highest BCUT2D eigenvalue weighted by atomic mass is 32.1. The zero-order chi connectivity index (χ0) is 17.5. The molecule has 25 heavy (non-hydrogen) atoms. The Morgan fingerprint density at radius 3 is 2.40 bits per heavy atom. The van der Waals surface area contributed by atoms with Crippen LogP contribution >= 0.6 is 11.3 Å². The van der Waals surface area contributed by atoms with E-state index in [2.05, 4.69) is 5.32 Å². The van der Waals surface area contributed by atoms with Gasteiger partial charge in [-0.2, -0.15) is 0 Å². The summed E-state index contributed by atoms with van der Waals surface area (Å²) in [5.41, 5.74) is 2.00. The van der Waals surface area contributed by atoms with E-state index >= 15 is 0 Å². The molecule has 3 aromatic rings. The summed E-state index contributed by atoms with van der Waals surface area (Å²) >= 11 is 1.64. The number of rotatable bonds is 7. The molecule has 0 saturated heterocycles. The van der Waals surface area contributed by atoms with Crippen LogP contribution in [0.2, 0.25) is 0 Å². The van der Waals surface area contributed by atoms with Gasteiger partial charge in [-0.15, -0.1) is 11.3 Å². The summed E-state index contributed by atoms with van der Waals surface area (Å²) in [6, 6.07) is 21.6. The highest BCUT2D eigenvalue weighted by Crippen LogP contribution is 2.20. The minimum Gasteiger partial charge on any atom is -0.484 e. The maximum absolute atomic E-state index is 12.1. The lowest BCUT2D eigenvalue weighted by molar-refractivity contribution is -0.132. The minimum atomic E-state index is -0.0418. The molecule has 1 heterocycles. The van der Waals surface area contributed by atoms with Crippen LogP contribution in [-0.2, 0) is 11.3 Å². The van der Waals surface area contributed by atoms with Crippen molar-refractivity contribution in [2.24, 2.45) is 0 Å². The van der Waals surface area contributed by atoms with Gasteiger partial charge in [0.05, 0.1) is 6.54 Å². The van der Waals surface area contributed by atoms with Crippen molar-refractivity contribution in [3.8, 4) is 5.75 Å². The first-order valence-corrected chi connectivity index (χ1v) is 8.90. The number of ether oxygens (including phenoxy) is 1. The number of anilines is 2. The predicted molar refractivity (Wildman–Crippen MR) is 102 cm³/mol. The molecule has 1 aromatic heterocycles. The van der Waals surface area contributed by atoms with Gasteiger partial charge in [0.2, 0.25) is 0 Å². The molecule has 4 nitrogen and oxygen atoms in total. The summed E-state index contributed by atoms with van der Waals surface area (Å²) in [5, 5.41) is 5.32. The lowest BCUT2D eigenvalue weighted by Gasteiger charge is -2.16. The Morgan fingerprint density at radius 2 is 1.72 bits per heavy atom. The first kappa shape index (κ1) is 17.0. The van der Waals surface area contributed by atoms with E-state index in [1.54, 1.807) is 23.3 Å². The molecule has 0 unspecified atom stereocenters. The van der Waals surface area contributed by atoms with Crippen molar-refractivity contribution in [1.29, 1.82) is 0 Å². The maximum Gasteiger partial charge on any atom is 0.260 e. The number of carbonyl (C=O) groups excluding carboxylic acids is 1. The summed E-state index contributed by atoms with van der Waals surface area (Å²) in [6.07, 6.45) is 0. The molecule has 3 rings (SSSR count). The Morgan fingerprint density at radius 1 is 1.00 bits per heavy atom. The average molecular weight is 352 g/mol. The second kappa shape index (κ2) is 8.35. The number of carbonyl (C=O) groups is 1. The number of likely N-dealkylation sites (N-methyl/N-ethyl adjacent to an activating group) is 1. The van der Waals surface area contributed by atoms with Crippen LogP contribution in [0.25, 0.3) is 0 Å². The molecular formula is C20H20N2O2S. The van der Waals surface area contributed by atoms with E-state index < -0.39 is 0 Å². The van der Waals surface area contributed by atoms with Crippen LogP contribution in [-0.4, -0.2) is 24.5 Å². The van der Waals surface area contributed by atoms with Gasteiger partial charge in [-0.05, 0) is 47.8 Å². The van der Waals surface area contributed by atoms with Crippen molar-refractivity contribution >= 4 is 28.6 Å². The van der Waals surface area contributed by atoms with Gasteiger partial charge in [0.25, 0.3) is 5.91 Å². The molecule has 1 N–H and O–H groups in total. The van der Waals surface area contributed by atoms with Gasteiger partial charge in [-0.25, -0.2) is 0 Å². The Hall–Kier alpha value is -2.79. The van der Waals surface area contributed by atoms with E-state index in [-0.39, 0.29) is 12.5 Å². The van der Waals surface area contributed by atoms with E-state index in [1.807, 2.05) is 72.1 Å².